The van der Waals surface area contributed by atoms with Crippen molar-refractivity contribution >= 4 is 51.0 Å². The van der Waals surface area contributed by atoms with E-state index < -0.39 is 0 Å². The molecule has 39 heavy (non-hydrogen) atoms. The Morgan fingerprint density at radius 2 is 1.59 bits per heavy atom. The van der Waals surface area contributed by atoms with E-state index in [-0.39, 0.29) is 5.91 Å². The molecular weight excluding hydrogens is 543 g/mol. The molecule has 6 rings (SSSR count). The van der Waals surface area contributed by atoms with Gasteiger partial charge in [-0.15, -0.1) is 21.5 Å². The Hall–Kier alpha value is -3.14. The highest BCUT2D eigenvalue weighted by atomic mass is 32.2. The molecule has 1 aliphatic rings. The minimum atomic E-state index is 0.172. The van der Waals surface area contributed by atoms with Gasteiger partial charge in [-0.1, -0.05) is 84.2 Å². The average molecular weight is 572 g/mol. The van der Waals surface area contributed by atoms with Gasteiger partial charge in [-0.05, 0) is 55.0 Å². The van der Waals surface area contributed by atoms with Crippen LogP contribution in [-0.4, -0.2) is 49.4 Å². The molecule has 1 fully saturated rings. The largest absolute Gasteiger partial charge is 0.342 e. The molecule has 0 saturated carbocycles. The SMILES string of the molecule is O=C(CSc1nnc(CSc2nc3ccccc3s2)n1-c1ccccc1)N1CCC(Cc2ccccc2)CC1. The van der Waals surface area contributed by atoms with Gasteiger partial charge in [0.05, 0.1) is 21.7 Å². The maximum atomic E-state index is 13.1. The molecular formula is C30H29N5OS3. The second-order valence-corrected chi connectivity index (χ2v) is 12.8. The number of hydrogen-bond acceptors (Lipinski definition) is 7. The van der Waals surface area contributed by atoms with Crippen LogP contribution in [-0.2, 0) is 17.0 Å². The van der Waals surface area contributed by atoms with Crippen LogP contribution in [0.1, 0.15) is 24.2 Å². The molecule has 0 bridgehead atoms. The van der Waals surface area contributed by atoms with Crippen molar-refractivity contribution in [3.8, 4) is 5.69 Å². The van der Waals surface area contributed by atoms with Crippen LogP contribution in [0, 0.1) is 5.92 Å². The number of benzene rings is 3. The molecule has 0 atom stereocenters. The maximum Gasteiger partial charge on any atom is 0.233 e. The molecule has 0 radical (unpaired) electrons. The van der Waals surface area contributed by atoms with Gasteiger partial charge in [-0.2, -0.15) is 0 Å². The molecule has 3 aromatic carbocycles. The van der Waals surface area contributed by atoms with Crippen molar-refractivity contribution in [3.63, 3.8) is 0 Å². The van der Waals surface area contributed by atoms with E-state index in [1.165, 1.54) is 22.0 Å². The monoisotopic (exact) mass is 571 g/mol. The third-order valence-electron chi connectivity index (χ3n) is 6.97. The number of thiazole rings is 1. The fraction of sp³-hybridized carbons (Fsp3) is 0.267. The zero-order valence-corrected chi connectivity index (χ0v) is 23.9. The van der Waals surface area contributed by atoms with Crippen LogP contribution in [0.25, 0.3) is 15.9 Å². The second-order valence-electron chi connectivity index (χ2n) is 9.61. The molecule has 6 nitrogen and oxygen atoms in total. The molecule has 1 amide bonds. The van der Waals surface area contributed by atoms with E-state index in [4.69, 9.17) is 4.98 Å². The normalized spacial score (nSPS) is 14.2. The van der Waals surface area contributed by atoms with E-state index in [1.807, 2.05) is 41.3 Å². The number of rotatable bonds is 9. The first-order valence-corrected chi connectivity index (χ1v) is 15.9. The summed E-state index contributed by atoms with van der Waals surface area (Å²) in [4.78, 5) is 19.9. The predicted octanol–water partition coefficient (Wildman–Crippen LogP) is 6.74. The lowest BCUT2D eigenvalue weighted by atomic mass is 9.90. The van der Waals surface area contributed by atoms with Crippen LogP contribution < -0.4 is 0 Å². The van der Waals surface area contributed by atoms with E-state index in [1.54, 1.807) is 23.1 Å². The molecule has 1 saturated heterocycles. The summed E-state index contributed by atoms with van der Waals surface area (Å²) >= 11 is 4.83. The molecule has 3 heterocycles. The Morgan fingerprint density at radius 1 is 0.872 bits per heavy atom. The smallest absolute Gasteiger partial charge is 0.233 e. The molecule has 1 aliphatic heterocycles. The number of hydrogen-bond donors (Lipinski definition) is 0. The van der Waals surface area contributed by atoms with Crippen LogP contribution in [0.4, 0.5) is 0 Å². The predicted molar refractivity (Wildman–Crippen MR) is 161 cm³/mol. The number of carbonyl (C=O) groups excluding carboxylic acids is 1. The third-order valence-corrected chi connectivity index (χ3v) is 10.1. The van der Waals surface area contributed by atoms with Crippen LogP contribution in [0.3, 0.4) is 0 Å². The number of piperidine rings is 1. The first-order chi connectivity index (χ1) is 19.2. The number of carbonyl (C=O) groups is 1. The molecule has 9 heteroatoms. The summed E-state index contributed by atoms with van der Waals surface area (Å²) < 4.78 is 4.27. The van der Waals surface area contributed by atoms with Crippen molar-refractivity contribution in [1.82, 2.24) is 24.6 Å². The molecule has 5 aromatic rings. The van der Waals surface area contributed by atoms with E-state index >= 15 is 0 Å². The van der Waals surface area contributed by atoms with Crippen molar-refractivity contribution in [2.45, 2.75) is 34.5 Å². The molecule has 198 valence electrons. The third kappa shape index (κ3) is 6.37. The van der Waals surface area contributed by atoms with Gasteiger partial charge in [-0.3, -0.25) is 9.36 Å². The topological polar surface area (TPSA) is 63.9 Å². The summed E-state index contributed by atoms with van der Waals surface area (Å²) in [6.45, 7) is 1.65. The number of aromatic nitrogens is 4. The van der Waals surface area contributed by atoms with E-state index in [2.05, 4.69) is 63.3 Å². The van der Waals surface area contributed by atoms with Crippen molar-refractivity contribution in [1.29, 1.82) is 0 Å². The average Bonchev–Trinajstić information content (AvgIpc) is 3.60. The molecule has 2 aromatic heterocycles. The van der Waals surface area contributed by atoms with Gasteiger partial charge in [0.25, 0.3) is 0 Å². The zero-order chi connectivity index (χ0) is 26.4. The second kappa shape index (κ2) is 12.4. The highest BCUT2D eigenvalue weighted by Gasteiger charge is 2.24. The summed E-state index contributed by atoms with van der Waals surface area (Å²) in [6, 6.07) is 29.0. The van der Waals surface area contributed by atoms with Gasteiger partial charge in [-0.25, -0.2) is 4.98 Å². The number of likely N-dealkylation sites (tertiary alicyclic amines) is 1. The number of fused-ring (bicyclic) bond motifs is 1. The Bertz CT molecular complexity index is 1500. The molecule has 0 unspecified atom stereocenters. The van der Waals surface area contributed by atoms with Crippen LogP contribution >= 0.6 is 34.9 Å². The molecule has 0 spiro atoms. The van der Waals surface area contributed by atoms with E-state index in [0.29, 0.717) is 17.4 Å². The van der Waals surface area contributed by atoms with Crippen molar-refractivity contribution < 1.29 is 4.79 Å². The maximum absolute atomic E-state index is 13.1. The summed E-state index contributed by atoms with van der Waals surface area (Å²) in [6.07, 6.45) is 3.20. The van der Waals surface area contributed by atoms with Gasteiger partial charge in [0.2, 0.25) is 5.91 Å². The van der Waals surface area contributed by atoms with Crippen LogP contribution in [0.15, 0.2) is 94.4 Å². The van der Waals surface area contributed by atoms with Gasteiger partial charge < -0.3 is 4.90 Å². The summed E-state index contributed by atoms with van der Waals surface area (Å²) in [5.74, 6) is 2.67. The standard InChI is InChI=1S/C30H29N5OS3/c36-28(34-17-15-23(16-18-34)19-22-9-3-1-4-10-22)21-37-29-33-32-27(35(29)24-11-5-2-6-12-24)20-38-30-31-25-13-7-8-14-26(25)39-30/h1-14,23H,15-21H2. The van der Waals surface area contributed by atoms with Crippen LogP contribution in [0.5, 0.6) is 0 Å². The minimum absolute atomic E-state index is 0.172. The lowest BCUT2D eigenvalue weighted by molar-refractivity contribution is -0.129. The zero-order valence-electron chi connectivity index (χ0n) is 21.5. The quantitative estimate of drug-likeness (QED) is 0.183. The Labute approximate surface area is 240 Å². The van der Waals surface area contributed by atoms with Crippen molar-refractivity contribution in [2.75, 3.05) is 18.8 Å². The minimum Gasteiger partial charge on any atom is -0.342 e. The van der Waals surface area contributed by atoms with Crippen molar-refractivity contribution in [2.24, 2.45) is 5.92 Å². The Morgan fingerprint density at radius 3 is 2.36 bits per heavy atom. The molecule has 0 N–H and O–H groups in total. The Kier molecular flexibility index (Phi) is 8.27. The molecule has 0 aliphatic carbocycles. The Balaban J connectivity index is 1.09. The summed E-state index contributed by atoms with van der Waals surface area (Å²) in [5.41, 5.74) is 3.41. The summed E-state index contributed by atoms with van der Waals surface area (Å²) in [7, 11) is 0. The van der Waals surface area contributed by atoms with Gasteiger partial charge in [0, 0.05) is 18.8 Å². The number of thioether (sulfide) groups is 2. The number of para-hydroxylation sites is 2. The fourth-order valence-electron chi connectivity index (χ4n) is 4.91. The first-order valence-electron chi connectivity index (χ1n) is 13.2. The van der Waals surface area contributed by atoms with E-state index in [9.17, 15) is 4.79 Å². The fourth-order valence-corrected chi connectivity index (χ4v) is 7.77. The van der Waals surface area contributed by atoms with Gasteiger partial charge >= 0.3 is 0 Å². The van der Waals surface area contributed by atoms with E-state index in [0.717, 1.165) is 58.9 Å². The highest BCUT2D eigenvalue weighted by molar-refractivity contribution is 8.00. The lowest BCUT2D eigenvalue weighted by Gasteiger charge is -2.32. The van der Waals surface area contributed by atoms with Gasteiger partial charge in [0.15, 0.2) is 9.50 Å². The van der Waals surface area contributed by atoms with Crippen molar-refractivity contribution in [3.05, 3.63) is 96.3 Å². The first kappa shape index (κ1) is 26.1. The van der Waals surface area contributed by atoms with Gasteiger partial charge in [0.1, 0.15) is 5.82 Å². The summed E-state index contributed by atoms with van der Waals surface area (Å²) in [5, 5.41) is 9.77. The highest BCUT2D eigenvalue weighted by Crippen LogP contribution is 2.33. The number of amides is 1. The van der Waals surface area contributed by atoms with Crippen LogP contribution in [0.2, 0.25) is 0 Å². The number of nitrogens with zero attached hydrogens (tertiary/aromatic N) is 5. The lowest BCUT2D eigenvalue weighted by Crippen LogP contribution is -2.39.